The normalized spacial score (nSPS) is 17.7. The number of hydrogen-bond acceptors (Lipinski definition) is 2. The van der Waals surface area contributed by atoms with Gasteiger partial charge >= 0.3 is 0 Å². The maximum atomic E-state index is 12.3. The Kier molecular flexibility index (Phi) is 3.81. The fraction of sp³-hybridized carbons (Fsp3) is 0.500. The Morgan fingerprint density at radius 3 is 2.72 bits per heavy atom. The number of nitrogens with one attached hydrogen (secondary N) is 1. The van der Waals surface area contributed by atoms with Crippen molar-refractivity contribution in [1.29, 1.82) is 0 Å². The monoisotopic (exact) mass is 267 g/mol. The molecule has 0 saturated heterocycles. The Bertz CT molecular complexity index is 453. The molecule has 0 radical (unpaired) electrons. The minimum atomic E-state index is -0.267. The van der Waals surface area contributed by atoms with Crippen LogP contribution in [-0.2, 0) is 0 Å². The second-order valence-electron chi connectivity index (χ2n) is 5.02. The molecule has 0 heterocycles. The number of carbonyl (C=O) groups excluding carboxylic acids is 1. The van der Waals surface area contributed by atoms with Crippen molar-refractivity contribution in [3.05, 3.63) is 29.3 Å². The standard InChI is InChI=1S/C14H18ClNO2/c1-10-11(5-4-6-12(10)17)13(18)16-14(9-15)7-2-3-8-14/h4-6,17H,2-3,7-9H2,1H3,(H,16,18). The Balaban J connectivity index is 2.19. The van der Waals surface area contributed by atoms with Gasteiger partial charge in [-0.1, -0.05) is 18.9 Å². The number of rotatable bonds is 3. The van der Waals surface area contributed by atoms with Crippen molar-refractivity contribution < 1.29 is 9.90 Å². The van der Waals surface area contributed by atoms with Crippen LogP contribution >= 0.6 is 11.6 Å². The molecule has 0 aromatic heterocycles. The SMILES string of the molecule is Cc1c(O)cccc1C(=O)NC1(CCl)CCCC1. The van der Waals surface area contributed by atoms with Gasteiger partial charge < -0.3 is 10.4 Å². The van der Waals surface area contributed by atoms with Crippen LogP contribution in [0.5, 0.6) is 5.75 Å². The molecule has 0 aliphatic heterocycles. The largest absolute Gasteiger partial charge is 0.508 e. The quantitative estimate of drug-likeness (QED) is 0.827. The summed E-state index contributed by atoms with van der Waals surface area (Å²) in [6.45, 7) is 1.74. The van der Waals surface area contributed by atoms with Gasteiger partial charge in [0.05, 0.1) is 5.54 Å². The number of phenols is 1. The second kappa shape index (κ2) is 5.19. The Morgan fingerprint density at radius 1 is 1.44 bits per heavy atom. The molecule has 1 aliphatic rings. The fourth-order valence-corrected chi connectivity index (χ4v) is 2.86. The first-order chi connectivity index (χ1) is 8.58. The van der Waals surface area contributed by atoms with E-state index in [9.17, 15) is 9.90 Å². The summed E-state index contributed by atoms with van der Waals surface area (Å²) in [5.74, 6) is 0.441. The molecular formula is C14H18ClNO2. The van der Waals surface area contributed by atoms with E-state index in [2.05, 4.69) is 5.32 Å². The molecule has 4 heteroatoms. The number of amides is 1. The Hall–Kier alpha value is -1.22. The molecule has 0 spiro atoms. The van der Waals surface area contributed by atoms with Crippen LogP contribution in [0, 0.1) is 6.92 Å². The lowest BCUT2D eigenvalue weighted by Gasteiger charge is -2.28. The van der Waals surface area contributed by atoms with Gasteiger partial charge in [0.2, 0.25) is 0 Å². The van der Waals surface area contributed by atoms with Crippen LogP contribution in [0.4, 0.5) is 0 Å². The van der Waals surface area contributed by atoms with Crippen LogP contribution in [0.2, 0.25) is 0 Å². The van der Waals surface area contributed by atoms with Crippen molar-refractivity contribution in [2.75, 3.05) is 5.88 Å². The number of phenolic OH excluding ortho intramolecular Hbond substituents is 1. The number of alkyl halides is 1. The van der Waals surface area contributed by atoms with Gasteiger partial charge in [-0.3, -0.25) is 4.79 Å². The summed E-state index contributed by atoms with van der Waals surface area (Å²) in [5.41, 5.74) is 0.861. The molecule has 1 aromatic rings. The second-order valence-corrected chi connectivity index (χ2v) is 5.29. The molecule has 2 rings (SSSR count). The smallest absolute Gasteiger partial charge is 0.252 e. The lowest BCUT2D eigenvalue weighted by atomic mass is 9.98. The lowest BCUT2D eigenvalue weighted by Crippen LogP contribution is -2.48. The predicted molar refractivity (Wildman–Crippen MR) is 72.2 cm³/mol. The van der Waals surface area contributed by atoms with Gasteiger partial charge in [-0.15, -0.1) is 11.6 Å². The molecule has 98 valence electrons. The molecule has 3 nitrogen and oxygen atoms in total. The third kappa shape index (κ3) is 2.46. The minimum absolute atomic E-state index is 0.147. The zero-order valence-corrected chi connectivity index (χ0v) is 11.3. The fourth-order valence-electron chi connectivity index (χ4n) is 2.52. The average Bonchev–Trinajstić information content (AvgIpc) is 2.81. The maximum absolute atomic E-state index is 12.3. The molecule has 1 aromatic carbocycles. The molecule has 1 fully saturated rings. The molecular weight excluding hydrogens is 250 g/mol. The molecule has 0 bridgehead atoms. The van der Waals surface area contributed by atoms with Gasteiger partial charge in [0.15, 0.2) is 0 Å². The highest BCUT2D eigenvalue weighted by molar-refractivity contribution is 6.19. The first-order valence-corrected chi connectivity index (χ1v) is 6.78. The molecule has 1 amide bonds. The van der Waals surface area contributed by atoms with Crippen molar-refractivity contribution in [2.24, 2.45) is 0 Å². The third-order valence-corrected chi connectivity index (χ3v) is 4.26. The number of aromatic hydroxyl groups is 1. The number of halogens is 1. The highest BCUT2D eigenvalue weighted by Gasteiger charge is 2.34. The van der Waals surface area contributed by atoms with Crippen molar-refractivity contribution in [3.63, 3.8) is 0 Å². The number of carbonyl (C=O) groups is 1. The van der Waals surface area contributed by atoms with Crippen LogP contribution in [0.25, 0.3) is 0 Å². The van der Waals surface area contributed by atoms with E-state index in [1.165, 1.54) is 0 Å². The number of hydrogen-bond donors (Lipinski definition) is 2. The molecule has 1 saturated carbocycles. The summed E-state index contributed by atoms with van der Waals surface area (Å²) in [6, 6.07) is 4.99. The zero-order valence-electron chi connectivity index (χ0n) is 10.5. The van der Waals surface area contributed by atoms with Crippen molar-refractivity contribution in [2.45, 2.75) is 38.1 Å². The molecule has 0 atom stereocenters. The van der Waals surface area contributed by atoms with Crippen molar-refractivity contribution >= 4 is 17.5 Å². The summed E-state index contributed by atoms with van der Waals surface area (Å²) in [6.07, 6.45) is 4.07. The Labute approximate surface area is 112 Å². The summed E-state index contributed by atoms with van der Waals surface area (Å²) in [4.78, 5) is 12.3. The molecule has 1 aliphatic carbocycles. The van der Waals surface area contributed by atoms with E-state index >= 15 is 0 Å². The molecule has 0 unspecified atom stereocenters. The predicted octanol–water partition coefficient (Wildman–Crippen LogP) is 2.98. The van der Waals surface area contributed by atoms with E-state index in [-0.39, 0.29) is 17.2 Å². The molecule has 2 N–H and O–H groups in total. The highest BCUT2D eigenvalue weighted by atomic mass is 35.5. The van der Waals surface area contributed by atoms with Crippen molar-refractivity contribution in [3.8, 4) is 5.75 Å². The topological polar surface area (TPSA) is 49.3 Å². The van der Waals surface area contributed by atoms with Crippen LogP contribution in [0.1, 0.15) is 41.6 Å². The average molecular weight is 268 g/mol. The van der Waals surface area contributed by atoms with E-state index < -0.39 is 0 Å². The maximum Gasteiger partial charge on any atom is 0.252 e. The van der Waals surface area contributed by atoms with Gasteiger partial charge in [0, 0.05) is 17.0 Å². The van der Waals surface area contributed by atoms with Crippen LogP contribution in [0.15, 0.2) is 18.2 Å². The van der Waals surface area contributed by atoms with Gasteiger partial charge in [-0.05, 0) is 31.9 Å². The van der Waals surface area contributed by atoms with Gasteiger partial charge in [-0.2, -0.15) is 0 Å². The Morgan fingerprint density at radius 2 is 2.11 bits per heavy atom. The first kappa shape index (κ1) is 13.2. The summed E-state index contributed by atoms with van der Waals surface area (Å²) in [5, 5.41) is 12.7. The summed E-state index contributed by atoms with van der Waals surface area (Å²) < 4.78 is 0. The van der Waals surface area contributed by atoms with Crippen LogP contribution in [0.3, 0.4) is 0 Å². The van der Waals surface area contributed by atoms with Crippen molar-refractivity contribution in [1.82, 2.24) is 5.32 Å². The first-order valence-electron chi connectivity index (χ1n) is 6.25. The summed E-state index contributed by atoms with van der Waals surface area (Å²) >= 11 is 6.00. The number of benzene rings is 1. The van der Waals surface area contributed by atoms with E-state index in [1.807, 2.05) is 0 Å². The van der Waals surface area contributed by atoms with Gasteiger partial charge in [0.25, 0.3) is 5.91 Å². The molecule has 18 heavy (non-hydrogen) atoms. The van der Waals surface area contributed by atoms with E-state index in [1.54, 1.807) is 25.1 Å². The van der Waals surface area contributed by atoms with Gasteiger partial charge in [0.1, 0.15) is 5.75 Å². The van der Waals surface area contributed by atoms with Gasteiger partial charge in [-0.25, -0.2) is 0 Å². The minimum Gasteiger partial charge on any atom is -0.508 e. The van der Waals surface area contributed by atoms with E-state index in [0.717, 1.165) is 25.7 Å². The van der Waals surface area contributed by atoms with E-state index in [0.29, 0.717) is 17.0 Å². The summed E-state index contributed by atoms with van der Waals surface area (Å²) in [7, 11) is 0. The highest BCUT2D eigenvalue weighted by Crippen LogP contribution is 2.31. The zero-order chi connectivity index (χ0) is 13.2. The lowest BCUT2D eigenvalue weighted by molar-refractivity contribution is 0.0908. The van der Waals surface area contributed by atoms with Crippen LogP contribution in [-0.4, -0.2) is 22.4 Å². The van der Waals surface area contributed by atoms with Crippen LogP contribution < -0.4 is 5.32 Å². The third-order valence-electron chi connectivity index (χ3n) is 3.74. The van der Waals surface area contributed by atoms with E-state index in [4.69, 9.17) is 11.6 Å².